The standard InChI is InChI=1S/C4H2F8/c5-1(3(7,8)9)2(6)4(10,11)12/h1-2H. The van der Waals surface area contributed by atoms with E-state index in [2.05, 4.69) is 0 Å². The Morgan fingerprint density at radius 2 is 0.750 bits per heavy atom. The maximum atomic E-state index is 11.6. The van der Waals surface area contributed by atoms with Crippen molar-refractivity contribution in [3.05, 3.63) is 0 Å². The largest absolute Gasteiger partial charge is 0.422 e. The van der Waals surface area contributed by atoms with Crippen LogP contribution in [0, 0.1) is 0 Å². The molecule has 0 amide bonds. The van der Waals surface area contributed by atoms with Gasteiger partial charge in [0.1, 0.15) is 0 Å². The Kier molecular flexibility index (Phi) is 2.92. The van der Waals surface area contributed by atoms with Crippen molar-refractivity contribution in [3.8, 4) is 0 Å². The molecule has 0 saturated carbocycles. The highest BCUT2D eigenvalue weighted by Crippen LogP contribution is 2.35. The van der Waals surface area contributed by atoms with Crippen molar-refractivity contribution in [3.63, 3.8) is 0 Å². The Hall–Kier alpha value is -0.560. The van der Waals surface area contributed by atoms with Gasteiger partial charge in [0, 0.05) is 0 Å². The minimum absolute atomic E-state index is 4.52. The van der Waals surface area contributed by atoms with E-state index in [1.54, 1.807) is 0 Å². The fourth-order valence-corrected chi connectivity index (χ4v) is 0.332. The predicted octanol–water partition coefficient (Wildman–Crippen LogP) is 2.79. The lowest BCUT2D eigenvalue weighted by molar-refractivity contribution is -0.258. The summed E-state index contributed by atoms with van der Waals surface area (Å²) in [5.74, 6) is 0. The van der Waals surface area contributed by atoms with Gasteiger partial charge in [-0.15, -0.1) is 0 Å². The highest BCUT2D eigenvalue weighted by atomic mass is 19.4. The molecule has 0 aliphatic carbocycles. The van der Waals surface area contributed by atoms with Crippen LogP contribution >= 0.6 is 0 Å². The van der Waals surface area contributed by atoms with Crippen LogP contribution in [0.2, 0.25) is 0 Å². The molecule has 0 bridgehead atoms. The van der Waals surface area contributed by atoms with Gasteiger partial charge in [0.2, 0.25) is 12.3 Å². The van der Waals surface area contributed by atoms with Gasteiger partial charge in [0.15, 0.2) is 0 Å². The summed E-state index contributed by atoms with van der Waals surface area (Å²) in [5, 5.41) is 0. The zero-order valence-electron chi connectivity index (χ0n) is 5.18. The number of alkyl halides is 8. The fraction of sp³-hybridized carbons (Fsp3) is 1.00. The van der Waals surface area contributed by atoms with Gasteiger partial charge in [-0.05, 0) is 0 Å². The molecule has 74 valence electrons. The van der Waals surface area contributed by atoms with E-state index in [-0.39, 0.29) is 0 Å². The third kappa shape index (κ3) is 2.82. The Balaban J connectivity index is 4.41. The van der Waals surface area contributed by atoms with Crippen LogP contribution in [-0.2, 0) is 0 Å². The van der Waals surface area contributed by atoms with Crippen LogP contribution in [0.4, 0.5) is 35.1 Å². The van der Waals surface area contributed by atoms with Crippen LogP contribution in [0.15, 0.2) is 0 Å². The summed E-state index contributed by atoms with van der Waals surface area (Å²) >= 11 is 0. The second kappa shape index (κ2) is 3.06. The molecule has 2 atom stereocenters. The average molecular weight is 202 g/mol. The molecule has 0 radical (unpaired) electrons. The first-order valence-electron chi connectivity index (χ1n) is 2.48. The highest BCUT2D eigenvalue weighted by molar-refractivity contribution is 4.80. The molecule has 0 spiro atoms. The van der Waals surface area contributed by atoms with Crippen molar-refractivity contribution in [2.45, 2.75) is 24.7 Å². The van der Waals surface area contributed by atoms with Crippen LogP contribution < -0.4 is 0 Å². The van der Waals surface area contributed by atoms with E-state index in [0.29, 0.717) is 0 Å². The first-order chi connectivity index (χ1) is 5.07. The quantitative estimate of drug-likeness (QED) is 0.573. The van der Waals surface area contributed by atoms with Crippen molar-refractivity contribution in [1.82, 2.24) is 0 Å². The lowest BCUT2D eigenvalue weighted by atomic mass is 10.2. The van der Waals surface area contributed by atoms with Crippen molar-refractivity contribution in [2.75, 3.05) is 0 Å². The number of rotatable bonds is 1. The van der Waals surface area contributed by atoms with E-state index < -0.39 is 24.7 Å². The molecule has 0 fully saturated rings. The summed E-state index contributed by atoms with van der Waals surface area (Å²) < 4.78 is 89.8. The van der Waals surface area contributed by atoms with Crippen LogP contribution in [0.1, 0.15) is 0 Å². The SMILES string of the molecule is FC(C(F)C(F)(F)F)C(F)(F)F. The Morgan fingerprint density at radius 3 is 0.833 bits per heavy atom. The minimum Gasteiger partial charge on any atom is -0.234 e. The Morgan fingerprint density at radius 1 is 0.583 bits per heavy atom. The zero-order chi connectivity index (χ0) is 10.2. The number of hydrogen-bond donors (Lipinski definition) is 0. The molecule has 0 aromatic rings. The average Bonchev–Trinajstić information content (AvgIpc) is 1.80. The van der Waals surface area contributed by atoms with Gasteiger partial charge in [0.05, 0.1) is 0 Å². The summed E-state index contributed by atoms with van der Waals surface area (Å²) in [6, 6.07) is 0. The second-order valence-corrected chi connectivity index (χ2v) is 1.89. The van der Waals surface area contributed by atoms with E-state index in [1.165, 1.54) is 0 Å². The molecule has 0 aromatic carbocycles. The van der Waals surface area contributed by atoms with Crippen LogP contribution in [0.3, 0.4) is 0 Å². The number of hydrogen-bond acceptors (Lipinski definition) is 0. The molecule has 0 aliphatic rings. The smallest absolute Gasteiger partial charge is 0.234 e. The van der Waals surface area contributed by atoms with Gasteiger partial charge < -0.3 is 0 Å². The summed E-state index contributed by atoms with van der Waals surface area (Å²) in [4.78, 5) is 0. The van der Waals surface area contributed by atoms with Gasteiger partial charge in [-0.2, -0.15) is 26.3 Å². The zero-order valence-corrected chi connectivity index (χ0v) is 5.18. The van der Waals surface area contributed by atoms with Crippen molar-refractivity contribution < 1.29 is 35.1 Å². The molecule has 2 unspecified atom stereocenters. The molecular weight excluding hydrogens is 200 g/mol. The van der Waals surface area contributed by atoms with Crippen molar-refractivity contribution >= 4 is 0 Å². The normalized spacial score (nSPS) is 19.0. The third-order valence-corrected chi connectivity index (χ3v) is 0.882. The molecule has 8 heteroatoms. The lowest BCUT2D eigenvalue weighted by Gasteiger charge is -2.18. The molecular formula is C4H2F8. The van der Waals surface area contributed by atoms with E-state index >= 15 is 0 Å². The summed E-state index contributed by atoms with van der Waals surface area (Å²) in [6.07, 6.45) is -20.7. The Labute approximate surface area is 61.2 Å². The first-order valence-corrected chi connectivity index (χ1v) is 2.48. The van der Waals surface area contributed by atoms with Gasteiger partial charge >= 0.3 is 12.4 Å². The Bertz CT molecular complexity index is 124. The van der Waals surface area contributed by atoms with Gasteiger partial charge in [-0.3, -0.25) is 0 Å². The van der Waals surface area contributed by atoms with Crippen molar-refractivity contribution in [1.29, 1.82) is 0 Å². The maximum Gasteiger partial charge on any atom is 0.422 e. The lowest BCUT2D eigenvalue weighted by Crippen LogP contribution is -2.42. The van der Waals surface area contributed by atoms with Gasteiger partial charge in [0.25, 0.3) is 0 Å². The summed E-state index contributed by atoms with van der Waals surface area (Å²) in [5.41, 5.74) is 0. The van der Waals surface area contributed by atoms with Crippen LogP contribution in [0.25, 0.3) is 0 Å². The third-order valence-electron chi connectivity index (χ3n) is 0.882. The van der Waals surface area contributed by atoms with Gasteiger partial charge in [-0.25, -0.2) is 8.78 Å². The van der Waals surface area contributed by atoms with Crippen LogP contribution in [-0.4, -0.2) is 24.7 Å². The molecule has 0 nitrogen and oxygen atoms in total. The molecule has 0 rings (SSSR count). The fourth-order valence-electron chi connectivity index (χ4n) is 0.332. The highest BCUT2D eigenvalue weighted by Gasteiger charge is 2.56. The van der Waals surface area contributed by atoms with E-state index in [4.69, 9.17) is 0 Å². The van der Waals surface area contributed by atoms with E-state index in [1.807, 2.05) is 0 Å². The monoisotopic (exact) mass is 202 g/mol. The second-order valence-electron chi connectivity index (χ2n) is 1.89. The maximum absolute atomic E-state index is 11.6. The van der Waals surface area contributed by atoms with Gasteiger partial charge in [-0.1, -0.05) is 0 Å². The van der Waals surface area contributed by atoms with Crippen molar-refractivity contribution in [2.24, 2.45) is 0 Å². The first kappa shape index (κ1) is 11.4. The van der Waals surface area contributed by atoms with Crippen LogP contribution in [0.5, 0.6) is 0 Å². The summed E-state index contributed by atoms with van der Waals surface area (Å²) in [7, 11) is 0. The molecule has 0 aromatic heterocycles. The summed E-state index contributed by atoms with van der Waals surface area (Å²) in [6.45, 7) is 0. The minimum atomic E-state index is -5.82. The van der Waals surface area contributed by atoms with E-state index in [9.17, 15) is 35.1 Å². The molecule has 0 aliphatic heterocycles. The van der Waals surface area contributed by atoms with E-state index in [0.717, 1.165) is 0 Å². The predicted molar refractivity (Wildman–Crippen MR) is 21.9 cm³/mol. The molecule has 0 saturated heterocycles. The molecule has 0 N–H and O–H groups in total. The molecule has 12 heavy (non-hydrogen) atoms. The topological polar surface area (TPSA) is 0 Å². The number of halogens is 8. The molecule has 0 heterocycles.